The molecule has 2 aromatic heterocycles. The molecule has 0 aliphatic carbocycles. The van der Waals surface area contributed by atoms with Crippen LogP contribution in [0.25, 0.3) is 10.3 Å². The summed E-state index contributed by atoms with van der Waals surface area (Å²) in [7, 11) is 0. The molecule has 0 amide bonds. The Hall–Kier alpha value is -1.98. The van der Waals surface area contributed by atoms with Crippen LogP contribution in [0, 0.1) is 11.3 Å². The molecule has 2 aromatic rings. The molecule has 8 heteroatoms. The van der Waals surface area contributed by atoms with Crippen molar-refractivity contribution in [3.8, 4) is 6.07 Å². The van der Waals surface area contributed by atoms with E-state index >= 15 is 0 Å². The monoisotopic (exact) mass is 277 g/mol. The number of hydrogen-bond acceptors (Lipinski definition) is 7. The number of fused-ring (bicyclic) bond motifs is 1. The van der Waals surface area contributed by atoms with Crippen LogP contribution in [0.2, 0.25) is 0 Å². The minimum absolute atomic E-state index is 0.00651. The molecule has 0 radical (unpaired) electrons. The van der Waals surface area contributed by atoms with Crippen molar-refractivity contribution >= 4 is 26.8 Å². The summed E-state index contributed by atoms with van der Waals surface area (Å²) in [6.07, 6.45) is 1.37. The van der Waals surface area contributed by atoms with Crippen molar-refractivity contribution in [2.45, 2.75) is 6.54 Å². The molecule has 1 fully saturated rings. The standard InChI is InChI=1S/C11H11N5O2S/c12-1-2-16-7-13-9-8(10(16)17)19-11(14-9)15-3-5-18-6-4-15/h7H,2-6H2. The topological polar surface area (TPSA) is 84.0 Å². The largest absolute Gasteiger partial charge is 0.378 e. The van der Waals surface area contributed by atoms with Gasteiger partial charge in [-0.3, -0.25) is 9.36 Å². The van der Waals surface area contributed by atoms with Crippen molar-refractivity contribution in [2.75, 3.05) is 31.2 Å². The second-order valence-electron chi connectivity index (χ2n) is 4.08. The summed E-state index contributed by atoms with van der Waals surface area (Å²) in [5, 5.41) is 9.44. The van der Waals surface area contributed by atoms with Crippen molar-refractivity contribution < 1.29 is 4.74 Å². The lowest BCUT2D eigenvalue weighted by Gasteiger charge is -2.25. The molecule has 0 unspecified atom stereocenters. The van der Waals surface area contributed by atoms with E-state index < -0.39 is 0 Å². The Morgan fingerprint density at radius 3 is 3.00 bits per heavy atom. The zero-order chi connectivity index (χ0) is 13.2. The molecule has 0 N–H and O–H groups in total. The quantitative estimate of drug-likeness (QED) is 0.780. The lowest BCUT2D eigenvalue weighted by atomic mass is 10.5. The zero-order valence-electron chi connectivity index (χ0n) is 10.1. The van der Waals surface area contributed by atoms with E-state index in [1.54, 1.807) is 0 Å². The number of ether oxygens (including phenoxy) is 1. The molecule has 3 heterocycles. The molecule has 1 aliphatic rings. The van der Waals surface area contributed by atoms with E-state index in [2.05, 4.69) is 14.9 Å². The van der Waals surface area contributed by atoms with Crippen LogP contribution in [-0.2, 0) is 11.3 Å². The zero-order valence-corrected chi connectivity index (χ0v) is 10.9. The number of nitrogens with zero attached hydrogens (tertiary/aromatic N) is 5. The van der Waals surface area contributed by atoms with Crippen LogP contribution in [0.3, 0.4) is 0 Å². The number of aromatic nitrogens is 3. The maximum Gasteiger partial charge on any atom is 0.274 e. The molecule has 0 saturated carbocycles. The van der Waals surface area contributed by atoms with Gasteiger partial charge < -0.3 is 9.64 Å². The number of hydrogen-bond donors (Lipinski definition) is 0. The first-order valence-electron chi connectivity index (χ1n) is 5.85. The fourth-order valence-corrected chi connectivity index (χ4v) is 2.93. The van der Waals surface area contributed by atoms with Crippen molar-refractivity contribution in [1.82, 2.24) is 14.5 Å². The molecule has 0 atom stereocenters. The Morgan fingerprint density at radius 1 is 1.47 bits per heavy atom. The molecule has 98 valence electrons. The fraction of sp³-hybridized carbons (Fsp3) is 0.455. The highest BCUT2D eigenvalue weighted by Crippen LogP contribution is 2.25. The van der Waals surface area contributed by atoms with Crippen LogP contribution < -0.4 is 10.5 Å². The summed E-state index contributed by atoms with van der Waals surface area (Å²) >= 11 is 1.32. The normalized spacial score (nSPS) is 15.6. The predicted molar refractivity (Wildman–Crippen MR) is 70.3 cm³/mol. The Labute approximate surface area is 112 Å². The van der Waals surface area contributed by atoms with E-state index in [0.29, 0.717) is 23.6 Å². The lowest BCUT2D eigenvalue weighted by molar-refractivity contribution is 0.122. The van der Waals surface area contributed by atoms with Crippen molar-refractivity contribution in [3.63, 3.8) is 0 Å². The van der Waals surface area contributed by atoms with Gasteiger partial charge in [0.25, 0.3) is 5.56 Å². The van der Waals surface area contributed by atoms with Crippen LogP contribution in [0.1, 0.15) is 0 Å². The second-order valence-corrected chi connectivity index (χ2v) is 5.06. The van der Waals surface area contributed by atoms with E-state index in [1.807, 2.05) is 6.07 Å². The highest BCUT2D eigenvalue weighted by molar-refractivity contribution is 7.22. The van der Waals surface area contributed by atoms with Crippen molar-refractivity contribution in [3.05, 3.63) is 16.7 Å². The van der Waals surface area contributed by atoms with Gasteiger partial charge in [0.05, 0.1) is 19.3 Å². The number of morpholine rings is 1. The minimum Gasteiger partial charge on any atom is -0.378 e. The van der Waals surface area contributed by atoms with Gasteiger partial charge >= 0.3 is 0 Å². The third-order valence-corrected chi connectivity index (χ3v) is 3.99. The SMILES string of the molecule is N#CCn1cnc2nc(N3CCOCC3)sc2c1=O. The Balaban J connectivity index is 2.03. The fourth-order valence-electron chi connectivity index (χ4n) is 1.91. The van der Waals surface area contributed by atoms with Gasteiger partial charge in [-0.1, -0.05) is 11.3 Å². The number of anilines is 1. The van der Waals surface area contributed by atoms with E-state index in [9.17, 15) is 4.79 Å². The van der Waals surface area contributed by atoms with Crippen LogP contribution in [0.15, 0.2) is 11.1 Å². The third-order valence-electron chi connectivity index (χ3n) is 2.90. The van der Waals surface area contributed by atoms with E-state index in [0.717, 1.165) is 18.2 Å². The molecule has 19 heavy (non-hydrogen) atoms. The average molecular weight is 277 g/mol. The maximum absolute atomic E-state index is 12.1. The van der Waals surface area contributed by atoms with E-state index in [-0.39, 0.29) is 12.1 Å². The average Bonchev–Trinajstić information content (AvgIpc) is 2.88. The van der Waals surface area contributed by atoms with Gasteiger partial charge in [-0.25, -0.2) is 4.98 Å². The second kappa shape index (κ2) is 4.95. The van der Waals surface area contributed by atoms with Gasteiger partial charge in [-0.15, -0.1) is 0 Å². The first-order chi connectivity index (χ1) is 9.29. The molecular formula is C11H11N5O2S. The Morgan fingerprint density at radius 2 is 2.26 bits per heavy atom. The van der Waals surface area contributed by atoms with Gasteiger partial charge in [0.1, 0.15) is 17.6 Å². The summed E-state index contributed by atoms with van der Waals surface area (Å²) in [5.41, 5.74) is 0.245. The van der Waals surface area contributed by atoms with Crippen LogP contribution >= 0.6 is 11.3 Å². The Kier molecular flexibility index (Phi) is 3.15. The summed E-state index contributed by atoms with van der Waals surface area (Å²) in [6, 6.07) is 1.94. The molecule has 0 spiro atoms. The lowest BCUT2D eigenvalue weighted by Crippen LogP contribution is -2.36. The highest BCUT2D eigenvalue weighted by atomic mass is 32.1. The van der Waals surface area contributed by atoms with Gasteiger partial charge in [0.2, 0.25) is 0 Å². The van der Waals surface area contributed by atoms with Crippen LogP contribution in [0.4, 0.5) is 5.13 Å². The Bertz CT molecular complexity index is 695. The van der Waals surface area contributed by atoms with Crippen molar-refractivity contribution in [1.29, 1.82) is 5.26 Å². The maximum atomic E-state index is 12.1. The minimum atomic E-state index is -0.205. The van der Waals surface area contributed by atoms with Crippen LogP contribution in [0.5, 0.6) is 0 Å². The molecule has 0 aromatic carbocycles. The van der Waals surface area contributed by atoms with Gasteiger partial charge in [-0.2, -0.15) is 10.2 Å². The summed E-state index contributed by atoms with van der Waals surface area (Å²) in [5.74, 6) is 0. The molecular weight excluding hydrogens is 266 g/mol. The first kappa shape index (κ1) is 12.1. The summed E-state index contributed by atoms with van der Waals surface area (Å²) < 4.78 is 7.08. The molecule has 1 saturated heterocycles. The highest BCUT2D eigenvalue weighted by Gasteiger charge is 2.17. The van der Waals surface area contributed by atoms with Gasteiger partial charge in [-0.05, 0) is 0 Å². The summed E-state index contributed by atoms with van der Waals surface area (Å²) in [4.78, 5) is 22.7. The van der Waals surface area contributed by atoms with E-state index in [4.69, 9.17) is 10.00 Å². The first-order valence-corrected chi connectivity index (χ1v) is 6.67. The van der Waals surface area contributed by atoms with Crippen LogP contribution in [-0.4, -0.2) is 40.8 Å². The number of rotatable bonds is 2. The molecule has 7 nitrogen and oxygen atoms in total. The van der Waals surface area contributed by atoms with E-state index in [1.165, 1.54) is 22.2 Å². The van der Waals surface area contributed by atoms with Gasteiger partial charge in [0.15, 0.2) is 10.8 Å². The van der Waals surface area contributed by atoms with Crippen molar-refractivity contribution in [2.24, 2.45) is 0 Å². The molecule has 3 rings (SSSR count). The summed E-state index contributed by atoms with van der Waals surface area (Å²) in [6.45, 7) is 2.88. The smallest absolute Gasteiger partial charge is 0.274 e. The molecule has 0 bridgehead atoms. The predicted octanol–water partition coefficient (Wildman–Crippen LogP) is 0.213. The van der Waals surface area contributed by atoms with Gasteiger partial charge in [0, 0.05) is 13.1 Å². The number of thiazole rings is 1. The molecule has 1 aliphatic heterocycles. The number of nitriles is 1. The third kappa shape index (κ3) is 2.18.